The Kier molecular flexibility index (Phi) is 3.02. The Morgan fingerprint density at radius 1 is 0.789 bits per heavy atom. The van der Waals surface area contributed by atoms with Crippen molar-refractivity contribution in [3.63, 3.8) is 0 Å². The Bertz CT molecular complexity index is 676. The molecule has 0 aliphatic heterocycles. The van der Waals surface area contributed by atoms with E-state index in [0.717, 1.165) is 17.0 Å². The molecule has 3 heteroatoms. The average Bonchev–Trinajstić information content (AvgIpc) is 2.49. The highest BCUT2D eigenvalue weighted by Gasteiger charge is 2.04. The van der Waals surface area contributed by atoms with Crippen LogP contribution in [0.25, 0.3) is 22.5 Å². The molecule has 0 aliphatic carbocycles. The van der Waals surface area contributed by atoms with E-state index in [1.165, 1.54) is 5.56 Å². The lowest BCUT2D eigenvalue weighted by molar-refractivity contribution is -0.671. The van der Waals surface area contributed by atoms with Crippen molar-refractivity contribution in [3.05, 3.63) is 67.3 Å². The fraction of sp³-hybridized carbons (Fsp3) is 0.0625. The van der Waals surface area contributed by atoms with E-state index in [2.05, 4.69) is 28.2 Å². The monoisotopic (exact) mass is 248 g/mol. The van der Waals surface area contributed by atoms with Gasteiger partial charge in [0, 0.05) is 24.5 Å². The molecular weight excluding hydrogens is 234 g/mol. The number of aryl methyl sites for hydroxylation is 1. The van der Waals surface area contributed by atoms with E-state index in [1.807, 2.05) is 54.5 Å². The molecular formula is C16H14N3+. The fourth-order valence-corrected chi connectivity index (χ4v) is 1.96. The first-order valence-electron chi connectivity index (χ1n) is 6.16. The molecule has 0 aromatic carbocycles. The molecule has 3 aromatic heterocycles. The van der Waals surface area contributed by atoms with E-state index in [0.29, 0.717) is 0 Å². The molecule has 0 atom stereocenters. The maximum atomic E-state index is 4.38. The van der Waals surface area contributed by atoms with Crippen LogP contribution < -0.4 is 4.57 Å². The second-order valence-electron chi connectivity index (χ2n) is 4.40. The molecule has 0 aliphatic rings. The summed E-state index contributed by atoms with van der Waals surface area (Å²) in [6, 6.07) is 14.1. The van der Waals surface area contributed by atoms with Crippen LogP contribution >= 0.6 is 0 Å². The Hall–Kier alpha value is -2.55. The van der Waals surface area contributed by atoms with Crippen molar-refractivity contribution in [1.82, 2.24) is 9.97 Å². The highest BCUT2D eigenvalue weighted by molar-refractivity contribution is 5.68. The Morgan fingerprint density at radius 3 is 2.32 bits per heavy atom. The molecule has 0 bridgehead atoms. The van der Waals surface area contributed by atoms with Crippen molar-refractivity contribution >= 4 is 0 Å². The third-order valence-electron chi connectivity index (χ3n) is 3.00. The summed E-state index contributed by atoms with van der Waals surface area (Å²) in [5, 5.41) is 0. The minimum absolute atomic E-state index is 0.894. The summed E-state index contributed by atoms with van der Waals surface area (Å²) in [5.74, 6) is 0. The van der Waals surface area contributed by atoms with Crippen LogP contribution in [0.4, 0.5) is 0 Å². The quantitative estimate of drug-likeness (QED) is 0.652. The summed E-state index contributed by atoms with van der Waals surface area (Å²) in [6.07, 6.45) is 7.69. The summed E-state index contributed by atoms with van der Waals surface area (Å²) in [7, 11) is 2.01. The molecule has 0 N–H and O–H groups in total. The van der Waals surface area contributed by atoms with E-state index in [-0.39, 0.29) is 0 Å². The summed E-state index contributed by atoms with van der Waals surface area (Å²) < 4.78 is 2.02. The van der Waals surface area contributed by atoms with Gasteiger partial charge in [-0.15, -0.1) is 0 Å². The van der Waals surface area contributed by atoms with E-state index in [1.54, 1.807) is 6.20 Å². The molecule has 0 fully saturated rings. The first-order valence-corrected chi connectivity index (χ1v) is 6.16. The molecule has 19 heavy (non-hydrogen) atoms. The zero-order valence-electron chi connectivity index (χ0n) is 10.7. The van der Waals surface area contributed by atoms with Crippen LogP contribution in [0.5, 0.6) is 0 Å². The van der Waals surface area contributed by atoms with Crippen LogP contribution in [0.2, 0.25) is 0 Å². The Balaban J connectivity index is 2.03. The topological polar surface area (TPSA) is 29.7 Å². The lowest BCUT2D eigenvalue weighted by Crippen LogP contribution is -2.25. The summed E-state index contributed by atoms with van der Waals surface area (Å²) in [5.41, 5.74) is 4.12. The van der Waals surface area contributed by atoms with Crippen LogP contribution in [-0.2, 0) is 7.05 Å². The van der Waals surface area contributed by atoms with Gasteiger partial charge in [-0.1, -0.05) is 6.07 Å². The maximum absolute atomic E-state index is 4.38. The number of rotatable bonds is 2. The highest BCUT2D eigenvalue weighted by Crippen LogP contribution is 2.22. The van der Waals surface area contributed by atoms with Crippen LogP contribution in [0, 0.1) is 0 Å². The summed E-state index contributed by atoms with van der Waals surface area (Å²) >= 11 is 0. The second kappa shape index (κ2) is 4.98. The van der Waals surface area contributed by atoms with E-state index in [9.17, 15) is 0 Å². The minimum Gasteiger partial charge on any atom is -0.255 e. The molecule has 3 rings (SSSR count). The smallest absolute Gasteiger partial charge is 0.169 e. The summed E-state index contributed by atoms with van der Waals surface area (Å²) in [4.78, 5) is 8.72. The maximum Gasteiger partial charge on any atom is 0.169 e. The number of hydrogen-bond acceptors (Lipinski definition) is 2. The van der Waals surface area contributed by atoms with Crippen molar-refractivity contribution in [2.24, 2.45) is 7.05 Å². The van der Waals surface area contributed by atoms with E-state index in [4.69, 9.17) is 0 Å². The van der Waals surface area contributed by atoms with Gasteiger partial charge in [0.05, 0.1) is 11.4 Å². The molecule has 0 unspecified atom stereocenters. The first-order chi connectivity index (χ1) is 9.33. The van der Waals surface area contributed by atoms with Crippen molar-refractivity contribution in [2.75, 3.05) is 0 Å². The van der Waals surface area contributed by atoms with Gasteiger partial charge in [0.25, 0.3) is 0 Å². The van der Waals surface area contributed by atoms with Gasteiger partial charge < -0.3 is 0 Å². The van der Waals surface area contributed by atoms with Crippen molar-refractivity contribution < 1.29 is 4.57 Å². The molecule has 0 saturated carbocycles. The van der Waals surface area contributed by atoms with E-state index < -0.39 is 0 Å². The van der Waals surface area contributed by atoms with Crippen LogP contribution in [0.3, 0.4) is 0 Å². The molecule has 0 radical (unpaired) electrons. The van der Waals surface area contributed by atoms with Crippen molar-refractivity contribution in [2.45, 2.75) is 0 Å². The normalized spacial score (nSPS) is 10.4. The van der Waals surface area contributed by atoms with Gasteiger partial charge in [-0.25, -0.2) is 4.57 Å². The predicted octanol–water partition coefficient (Wildman–Crippen LogP) is 2.64. The standard InChI is InChI=1S/C16H14N3/c1-19-10-6-13(7-11-19)14-5-9-18-16(12-14)15-4-2-3-8-17-15/h2-12H,1H3/q+1. The predicted molar refractivity (Wildman–Crippen MR) is 74.1 cm³/mol. The molecule has 0 spiro atoms. The number of aromatic nitrogens is 3. The Morgan fingerprint density at radius 2 is 1.58 bits per heavy atom. The van der Waals surface area contributed by atoms with Gasteiger partial charge >= 0.3 is 0 Å². The number of pyridine rings is 3. The van der Waals surface area contributed by atoms with Crippen LogP contribution in [0.15, 0.2) is 67.3 Å². The largest absolute Gasteiger partial charge is 0.255 e. The van der Waals surface area contributed by atoms with Crippen molar-refractivity contribution in [3.8, 4) is 22.5 Å². The molecule has 0 amide bonds. The molecule has 3 heterocycles. The summed E-state index contributed by atoms with van der Waals surface area (Å²) in [6.45, 7) is 0. The minimum atomic E-state index is 0.894. The van der Waals surface area contributed by atoms with Gasteiger partial charge in [0.1, 0.15) is 7.05 Å². The van der Waals surface area contributed by atoms with Crippen LogP contribution in [0.1, 0.15) is 0 Å². The zero-order chi connectivity index (χ0) is 13.1. The van der Waals surface area contributed by atoms with E-state index >= 15 is 0 Å². The van der Waals surface area contributed by atoms with Gasteiger partial charge in [-0.2, -0.15) is 0 Å². The molecule has 0 saturated heterocycles. The Labute approximate surface area is 112 Å². The molecule has 3 aromatic rings. The lowest BCUT2D eigenvalue weighted by atomic mass is 10.1. The second-order valence-corrected chi connectivity index (χ2v) is 4.40. The first kappa shape index (κ1) is 11.5. The number of hydrogen-bond donors (Lipinski definition) is 0. The molecule has 92 valence electrons. The van der Waals surface area contributed by atoms with Gasteiger partial charge in [-0.3, -0.25) is 9.97 Å². The number of nitrogens with zero attached hydrogens (tertiary/aromatic N) is 3. The highest BCUT2D eigenvalue weighted by atomic mass is 14.9. The van der Waals surface area contributed by atoms with Gasteiger partial charge in [-0.05, 0) is 35.4 Å². The van der Waals surface area contributed by atoms with Crippen molar-refractivity contribution in [1.29, 1.82) is 0 Å². The molecule has 3 nitrogen and oxygen atoms in total. The zero-order valence-corrected chi connectivity index (χ0v) is 10.7. The fourth-order valence-electron chi connectivity index (χ4n) is 1.96. The van der Waals surface area contributed by atoms with Gasteiger partial charge in [0.2, 0.25) is 0 Å². The lowest BCUT2D eigenvalue weighted by Gasteiger charge is -2.03. The van der Waals surface area contributed by atoms with Crippen LogP contribution in [-0.4, -0.2) is 9.97 Å². The third kappa shape index (κ3) is 2.50. The third-order valence-corrected chi connectivity index (χ3v) is 3.00. The average molecular weight is 248 g/mol. The van der Waals surface area contributed by atoms with Gasteiger partial charge in [0.15, 0.2) is 12.4 Å². The SMILES string of the molecule is C[n+]1ccc(-c2ccnc(-c3ccccn3)c2)cc1.